The van der Waals surface area contributed by atoms with E-state index in [1.807, 2.05) is 24.3 Å². The van der Waals surface area contributed by atoms with Crippen LogP contribution < -0.4 is 27.5 Å². The molecule has 7 nitrogen and oxygen atoms in total. The van der Waals surface area contributed by atoms with Crippen molar-refractivity contribution in [1.29, 1.82) is 0 Å². The Kier molecular flexibility index (Phi) is 8.16. The van der Waals surface area contributed by atoms with E-state index in [9.17, 15) is 22.3 Å². The third-order valence-corrected chi connectivity index (χ3v) is 16.1. The number of hydrogen-bond acceptors (Lipinski definition) is 5. The van der Waals surface area contributed by atoms with Crippen LogP contribution >= 0.6 is 32.7 Å². The van der Waals surface area contributed by atoms with Gasteiger partial charge in [-0.15, -0.1) is 0 Å². The predicted octanol–water partition coefficient (Wildman–Crippen LogP) is 2.59. The quantitative estimate of drug-likeness (QED) is 0.263. The van der Waals surface area contributed by atoms with E-state index in [0.717, 1.165) is 33.8 Å². The standard InChI is InChI=1S/C25H18BrF2I2N4O3S/c26-19-13-29-30-34-24(12-21(32-25(19)34)18-6-1-2-7-22(18)35)31-14-15-4-3-5-17(10-15)33-38(36,37)23-9-8-16(27)11-20(23)28/h1-13,32-33,35H,14H2/q-1. The molecule has 0 spiro atoms. The molecule has 3 N–H and O–H groups in total. The SMILES string of the molecule is O=S(=O)(Nc1cccc(CN=C2C=C(c3ccccc3O)NC3=C(Br)C=I[I-]N23)c1)c1ccc(F)cc1F. The number of phenols is 1. The van der Waals surface area contributed by atoms with Gasteiger partial charge in [-0.2, -0.15) is 0 Å². The molecule has 0 atom stereocenters. The number of hydrogen-bond donors (Lipinski definition) is 3. The third-order valence-electron chi connectivity index (χ3n) is 5.37. The van der Waals surface area contributed by atoms with Crippen LogP contribution in [0.1, 0.15) is 11.1 Å². The zero-order valence-electron chi connectivity index (χ0n) is 19.2. The Balaban J connectivity index is 1.43. The molecule has 0 unspecified atom stereocenters. The van der Waals surface area contributed by atoms with Crippen LogP contribution in [0.3, 0.4) is 0 Å². The minimum atomic E-state index is -4.26. The molecule has 13 heteroatoms. The van der Waals surface area contributed by atoms with Crippen LogP contribution in [0.2, 0.25) is 0 Å². The van der Waals surface area contributed by atoms with E-state index in [1.165, 1.54) is 0 Å². The second kappa shape index (κ2) is 11.4. The normalized spacial score (nSPS) is 16.7. The summed E-state index contributed by atoms with van der Waals surface area (Å²) in [5.74, 6) is -0.255. The van der Waals surface area contributed by atoms with Gasteiger partial charge in [0.25, 0.3) is 0 Å². The summed E-state index contributed by atoms with van der Waals surface area (Å²) < 4.78 is 60.4. The first-order valence-corrected chi connectivity index (χ1v) is 21.7. The van der Waals surface area contributed by atoms with Crippen LogP contribution in [0.15, 0.2) is 93.0 Å². The Hall–Kier alpha value is -2.37. The number of aliphatic imine (C=N–C) groups is 1. The van der Waals surface area contributed by atoms with E-state index in [2.05, 4.69) is 33.1 Å². The third kappa shape index (κ3) is 5.94. The topological polar surface area (TPSA) is 94.0 Å². The molecule has 3 aromatic carbocycles. The Morgan fingerprint density at radius 1 is 1.11 bits per heavy atom. The van der Waals surface area contributed by atoms with Crippen molar-refractivity contribution in [2.24, 2.45) is 4.99 Å². The maximum atomic E-state index is 14.1. The number of para-hydroxylation sites is 1. The Morgan fingerprint density at radius 3 is 2.71 bits per heavy atom. The number of nitrogens with zero attached hydrogens (tertiary/aromatic N) is 2. The fourth-order valence-electron chi connectivity index (χ4n) is 3.64. The number of sulfonamides is 1. The van der Waals surface area contributed by atoms with Gasteiger partial charge in [-0.1, -0.05) is 0 Å². The summed E-state index contributed by atoms with van der Waals surface area (Å²) in [6.45, 7) is 0.257. The van der Waals surface area contributed by atoms with Gasteiger partial charge >= 0.3 is 235 Å². The van der Waals surface area contributed by atoms with Crippen molar-refractivity contribution in [2.45, 2.75) is 11.4 Å². The fourth-order valence-corrected chi connectivity index (χ4v) is 16.1. The molecular formula is C25H18BrF2I2N4O3S-. The Labute approximate surface area is 242 Å². The Bertz CT molecular complexity index is 1660. The van der Waals surface area contributed by atoms with Crippen molar-refractivity contribution in [3.05, 3.63) is 106 Å². The van der Waals surface area contributed by atoms with Gasteiger partial charge in [-0.25, -0.2) is 4.39 Å². The van der Waals surface area contributed by atoms with Gasteiger partial charge in [0.05, 0.1) is 0 Å². The summed E-state index contributed by atoms with van der Waals surface area (Å²) in [6, 6.07) is 16.0. The van der Waals surface area contributed by atoms with Crippen LogP contribution in [-0.4, -0.2) is 26.5 Å². The van der Waals surface area contributed by atoms with Crippen LogP contribution in [0.5, 0.6) is 5.75 Å². The number of halogens is 5. The van der Waals surface area contributed by atoms with Crippen molar-refractivity contribution < 1.29 is 39.8 Å². The van der Waals surface area contributed by atoms with Gasteiger partial charge in [0.1, 0.15) is 5.82 Å². The number of anilines is 1. The monoisotopic (exact) mass is 825 g/mol. The average Bonchev–Trinajstić information content (AvgIpc) is 2.87. The van der Waals surface area contributed by atoms with Crippen LogP contribution in [-0.2, 0) is 16.6 Å². The average molecular weight is 826 g/mol. The molecule has 0 amide bonds. The fraction of sp³-hybridized carbons (Fsp3) is 0.0400. The summed E-state index contributed by atoms with van der Waals surface area (Å²) in [5.41, 5.74) is 2.33. The molecule has 2 heterocycles. The van der Waals surface area contributed by atoms with Crippen LogP contribution in [0.4, 0.5) is 14.5 Å². The number of allylic oxidation sites excluding steroid dienone is 1. The van der Waals surface area contributed by atoms with Crippen molar-refractivity contribution in [3.8, 4) is 5.75 Å². The van der Waals surface area contributed by atoms with E-state index in [0.29, 0.717) is 17.3 Å². The molecule has 2 aliphatic heterocycles. The summed E-state index contributed by atoms with van der Waals surface area (Å²) in [5, 5.41) is 13.8. The van der Waals surface area contributed by atoms with E-state index in [1.54, 1.807) is 30.3 Å². The second-order valence-corrected chi connectivity index (χ2v) is 18.5. The van der Waals surface area contributed by atoms with Crippen molar-refractivity contribution in [2.75, 3.05) is 4.72 Å². The molecule has 0 saturated heterocycles. The summed E-state index contributed by atoms with van der Waals surface area (Å²) in [6.07, 6.45) is 1.90. The molecule has 3 aromatic rings. The number of aromatic hydroxyl groups is 1. The number of amidine groups is 1. The Morgan fingerprint density at radius 2 is 1.92 bits per heavy atom. The molecule has 0 saturated carbocycles. The molecule has 2 aliphatic rings. The number of phenolic OH excluding ortho intramolecular Hbond substituents is 1. The maximum absolute atomic E-state index is 14.1. The van der Waals surface area contributed by atoms with Gasteiger partial charge in [0, 0.05) is 0 Å². The number of nitrogens with one attached hydrogen (secondary N) is 2. The van der Waals surface area contributed by atoms with Gasteiger partial charge in [0.2, 0.25) is 0 Å². The van der Waals surface area contributed by atoms with Gasteiger partial charge in [0.15, 0.2) is 0 Å². The summed E-state index contributed by atoms with van der Waals surface area (Å²) in [7, 11) is -4.26. The summed E-state index contributed by atoms with van der Waals surface area (Å²) in [4.78, 5) is 4.20. The van der Waals surface area contributed by atoms with Crippen LogP contribution in [0, 0.1) is 11.6 Å². The van der Waals surface area contributed by atoms with Crippen molar-refractivity contribution in [3.63, 3.8) is 0 Å². The zero-order chi connectivity index (χ0) is 26.9. The zero-order valence-corrected chi connectivity index (χ0v) is 25.9. The van der Waals surface area contributed by atoms with Gasteiger partial charge in [-0.3, -0.25) is 0 Å². The van der Waals surface area contributed by atoms with E-state index in [4.69, 9.17) is 4.99 Å². The van der Waals surface area contributed by atoms with Crippen molar-refractivity contribution >= 4 is 63.9 Å². The molecule has 198 valence electrons. The molecular weight excluding hydrogens is 808 g/mol. The first-order valence-electron chi connectivity index (χ1n) is 10.9. The first-order chi connectivity index (χ1) is 18.2. The molecule has 0 fully saturated rings. The molecule has 0 aromatic heterocycles. The molecule has 0 bridgehead atoms. The molecule has 38 heavy (non-hydrogen) atoms. The second-order valence-electron chi connectivity index (χ2n) is 7.99. The molecule has 0 aliphatic carbocycles. The van der Waals surface area contributed by atoms with Gasteiger partial charge in [-0.05, 0) is 0 Å². The number of rotatable bonds is 6. The van der Waals surface area contributed by atoms with Crippen molar-refractivity contribution in [1.82, 2.24) is 8.43 Å². The molecule has 0 radical (unpaired) electrons. The first kappa shape index (κ1) is 27.2. The van der Waals surface area contributed by atoms with E-state index < -0.39 is 26.6 Å². The van der Waals surface area contributed by atoms with E-state index >= 15 is 0 Å². The number of fused-ring (bicyclic) bond motifs is 1. The summed E-state index contributed by atoms with van der Waals surface area (Å²) >= 11 is 3.23. The van der Waals surface area contributed by atoms with Gasteiger partial charge < -0.3 is 0 Å². The molecule has 5 rings (SSSR count). The number of benzene rings is 3. The van der Waals surface area contributed by atoms with Crippen LogP contribution in [0.25, 0.3) is 5.70 Å². The van der Waals surface area contributed by atoms with E-state index in [-0.39, 0.29) is 52.2 Å². The predicted molar refractivity (Wildman–Crippen MR) is 152 cm³/mol. The minimum absolute atomic E-state index is 0.114.